The Kier molecular flexibility index (Phi) is 9.01. The Morgan fingerprint density at radius 3 is 2.63 bits per heavy atom. The van der Waals surface area contributed by atoms with Crippen LogP contribution in [0.5, 0.6) is 11.5 Å². The summed E-state index contributed by atoms with van der Waals surface area (Å²) >= 11 is 0. The van der Waals surface area contributed by atoms with Crippen molar-refractivity contribution in [2.45, 2.75) is 61.1 Å². The van der Waals surface area contributed by atoms with Gasteiger partial charge in [-0.05, 0) is 31.4 Å². The maximum Gasteiger partial charge on any atom is 0.259 e. The van der Waals surface area contributed by atoms with Gasteiger partial charge >= 0.3 is 0 Å². The summed E-state index contributed by atoms with van der Waals surface area (Å²) in [5, 5.41) is 13.8. The van der Waals surface area contributed by atoms with E-state index < -0.39 is 62.7 Å². The van der Waals surface area contributed by atoms with Crippen molar-refractivity contribution in [1.82, 2.24) is 29.9 Å². The van der Waals surface area contributed by atoms with Crippen LogP contribution in [0, 0.1) is 5.92 Å². The molecule has 1 saturated heterocycles. The van der Waals surface area contributed by atoms with Crippen molar-refractivity contribution in [3.05, 3.63) is 85.5 Å². The van der Waals surface area contributed by atoms with E-state index in [0.717, 1.165) is 5.56 Å². The number of ether oxygens (including phenoxy) is 2. The first kappa shape index (κ1) is 34.2. The number of aromatic amines is 1. The highest BCUT2D eigenvalue weighted by molar-refractivity contribution is 7.91. The first-order valence-electron chi connectivity index (χ1n) is 16.7. The van der Waals surface area contributed by atoms with E-state index in [9.17, 15) is 27.9 Å². The fourth-order valence-electron chi connectivity index (χ4n) is 6.61. The minimum absolute atomic E-state index is 0.0197. The van der Waals surface area contributed by atoms with Gasteiger partial charge in [0.05, 0.1) is 36.4 Å². The number of fused-ring (bicyclic) bond motifs is 1. The van der Waals surface area contributed by atoms with E-state index in [1.54, 1.807) is 25.3 Å². The lowest BCUT2D eigenvalue weighted by Gasteiger charge is -2.28. The Labute approximate surface area is 294 Å². The Bertz CT molecular complexity index is 2090. The van der Waals surface area contributed by atoms with E-state index in [0.29, 0.717) is 46.6 Å². The summed E-state index contributed by atoms with van der Waals surface area (Å²) in [6.07, 6.45) is 3.20. The van der Waals surface area contributed by atoms with Gasteiger partial charge in [-0.1, -0.05) is 36.4 Å². The monoisotopic (exact) mass is 714 g/mol. The third-order valence-corrected chi connectivity index (χ3v) is 11.5. The largest absolute Gasteiger partial charge is 0.497 e. The second-order valence-electron chi connectivity index (χ2n) is 13.2. The zero-order valence-electron chi connectivity index (χ0n) is 27.8. The number of methoxy groups -OCH3 is 1. The SMILES string of the molecule is C=C[C@@H]1C[C@]1(NC(=O)[C@@H]1C[C@@H](Oc2cc(-c3ccccc3)nc3cc(OC)ccc23)CN1C(=O)[C@@H](O)Cc1cnc[nH]1)C(=O)NS(=O)(=O)C1CC1. The normalized spacial score (nSPS) is 23.3. The predicted molar refractivity (Wildman–Crippen MR) is 186 cm³/mol. The van der Waals surface area contributed by atoms with Gasteiger partial charge in [0, 0.05) is 53.7 Å². The molecule has 14 nitrogen and oxygen atoms in total. The molecular formula is C36H38N6O8S. The van der Waals surface area contributed by atoms with Gasteiger partial charge in [-0.15, -0.1) is 6.58 Å². The molecule has 0 bridgehead atoms. The van der Waals surface area contributed by atoms with Crippen LogP contribution in [0.1, 0.15) is 31.4 Å². The number of carbonyl (C=O) groups excluding carboxylic acids is 3. The molecule has 15 heteroatoms. The van der Waals surface area contributed by atoms with Gasteiger partial charge in [0.15, 0.2) is 0 Å². The van der Waals surface area contributed by atoms with E-state index in [1.807, 2.05) is 36.4 Å². The molecule has 3 fully saturated rings. The number of rotatable bonds is 13. The van der Waals surface area contributed by atoms with E-state index in [2.05, 4.69) is 26.6 Å². The summed E-state index contributed by atoms with van der Waals surface area (Å²) in [5.41, 5.74) is 1.07. The summed E-state index contributed by atoms with van der Waals surface area (Å²) in [6, 6.07) is 15.6. The molecule has 2 aliphatic carbocycles. The average molecular weight is 715 g/mol. The molecule has 3 heterocycles. The number of hydrogen-bond acceptors (Lipinski definition) is 10. The molecular weight excluding hydrogens is 676 g/mol. The minimum Gasteiger partial charge on any atom is -0.497 e. The second kappa shape index (κ2) is 13.5. The maximum atomic E-state index is 14.1. The number of benzene rings is 2. The standard InChI is InChI=1S/C36H38N6O8S/c1-3-22-17-36(22,35(46)41-51(47,48)26-10-11-26)40-33(44)30-15-25(19-42(30)34(45)31(43)13-23-18-37-20-38-23)50-32-16-28(21-7-5-4-6-8-21)39-29-14-24(49-2)9-12-27(29)32/h3-9,12,14,16,18,20,22,25-26,30-31,43H,1,10-11,13,15,17,19H2,2H3,(H,37,38)(H,40,44)(H,41,46)/t22-,25-,30+,31+,36-/m1/s1. The molecule has 1 aliphatic heterocycles. The summed E-state index contributed by atoms with van der Waals surface area (Å²) < 4.78 is 39.4. The lowest BCUT2D eigenvalue weighted by Crippen LogP contribution is -2.57. The van der Waals surface area contributed by atoms with Crippen LogP contribution < -0.4 is 19.5 Å². The Morgan fingerprint density at radius 2 is 1.96 bits per heavy atom. The van der Waals surface area contributed by atoms with Crippen LogP contribution in [0.2, 0.25) is 0 Å². The van der Waals surface area contributed by atoms with Crippen molar-refractivity contribution >= 4 is 38.6 Å². The molecule has 4 aromatic rings. The van der Waals surface area contributed by atoms with Gasteiger partial charge in [0.25, 0.3) is 11.8 Å². The quantitative estimate of drug-likeness (QED) is 0.149. The number of aliphatic hydroxyl groups excluding tert-OH is 1. The number of nitrogens with one attached hydrogen (secondary N) is 3. The van der Waals surface area contributed by atoms with E-state index in [4.69, 9.17) is 14.5 Å². The Balaban J connectivity index is 1.18. The molecule has 5 atom stereocenters. The van der Waals surface area contributed by atoms with Gasteiger partial charge in [-0.2, -0.15) is 0 Å². The highest BCUT2D eigenvalue weighted by Gasteiger charge is 2.62. The number of aromatic nitrogens is 3. The molecule has 2 aromatic carbocycles. The lowest BCUT2D eigenvalue weighted by molar-refractivity contribution is -0.145. The molecule has 4 N–H and O–H groups in total. The number of imidazole rings is 1. The lowest BCUT2D eigenvalue weighted by atomic mass is 10.1. The predicted octanol–water partition coefficient (Wildman–Crippen LogP) is 2.25. The second-order valence-corrected chi connectivity index (χ2v) is 15.2. The van der Waals surface area contributed by atoms with E-state index in [1.165, 1.54) is 23.5 Å². The molecule has 2 saturated carbocycles. The number of sulfonamides is 1. The molecule has 0 radical (unpaired) electrons. The van der Waals surface area contributed by atoms with Crippen LogP contribution >= 0.6 is 0 Å². The molecule has 3 amide bonds. The summed E-state index contributed by atoms with van der Waals surface area (Å²) in [7, 11) is -2.33. The molecule has 2 aromatic heterocycles. The number of amides is 3. The first-order chi connectivity index (χ1) is 24.5. The first-order valence-corrected chi connectivity index (χ1v) is 18.2. The van der Waals surface area contributed by atoms with Crippen LogP contribution in [0.15, 0.2) is 79.8 Å². The molecule has 266 valence electrons. The molecule has 51 heavy (non-hydrogen) atoms. The highest BCUT2D eigenvalue weighted by atomic mass is 32.2. The number of hydrogen-bond donors (Lipinski definition) is 4. The smallest absolute Gasteiger partial charge is 0.259 e. The van der Waals surface area contributed by atoms with Crippen molar-refractivity contribution in [3.8, 4) is 22.8 Å². The number of aliphatic hydroxyl groups is 1. The summed E-state index contributed by atoms with van der Waals surface area (Å²) in [6.45, 7) is 3.70. The van der Waals surface area contributed by atoms with E-state index in [-0.39, 0.29) is 25.8 Å². The fourth-order valence-corrected chi connectivity index (χ4v) is 7.98. The van der Waals surface area contributed by atoms with Gasteiger partial charge < -0.3 is 29.8 Å². The molecule has 7 rings (SSSR count). The van der Waals surface area contributed by atoms with Gasteiger partial charge in [-0.3, -0.25) is 19.1 Å². The maximum absolute atomic E-state index is 14.1. The van der Waals surface area contributed by atoms with Crippen LogP contribution in [-0.2, 0) is 30.8 Å². The van der Waals surface area contributed by atoms with Crippen LogP contribution in [0.25, 0.3) is 22.2 Å². The van der Waals surface area contributed by atoms with Crippen LogP contribution in [-0.4, -0.2) is 93.8 Å². The molecule has 0 spiro atoms. The minimum atomic E-state index is -3.89. The number of carbonyl (C=O) groups is 3. The van der Waals surface area contributed by atoms with Gasteiger partial charge in [-0.25, -0.2) is 18.4 Å². The third-order valence-electron chi connectivity index (χ3n) is 9.69. The highest BCUT2D eigenvalue weighted by Crippen LogP contribution is 2.45. The van der Waals surface area contributed by atoms with Crippen molar-refractivity contribution in [2.24, 2.45) is 5.92 Å². The fraction of sp³-hybridized carbons (Fsp3) is 0.361. The van der Waals surface area contributed by atoms with Gasteiger partial charge in [0.1, 0.15) is 35.3 Å². The van der Waals surface area contributed by atoms with Crippen molar-refractivity contribution in [3.63, 3.8) is 0 Å². The number of likely N-dealkylation sites (tertiary alicyclic amines) is 1. The molecule has 3 aliphatic rings. The third kappa shape index (κ3) is 6.90. The Hall–Kier alpha value is -5.28. The van der Waals surface area contributed by atoms with Crippen molar-refractivity contribution in [1.29, 1.82) is 0 Å². The van der Waals surface area contributed by atoms with Crippen LogP contribution in [0.3, 0.4) is 0 Å². The summed E-state index contributed by atoms with van der Waals surface area (Å²) in [4.78, 5) is 54.2. The van der Waals surface area contributed by atoms with Crippen molar-refractivity contribution in [2.75, 3.05) is 13.7 Å². The van der Waals surface area contributed by atoms with Gasteiger partial charge in [0.2, 0.25) is 15.9 Å². The number of nitrogens with zero attached hydrogens (tertiary/aromatic N) is 3. The zero-order valence-corrected chi connectivity index (χ0v) is 28.6. The zero-order chi connectivity index (χ0) is 35.9. The van der Waals surface area contributed by atoms with Crippen molar-refractivity contribution < 1.29 is 37.4 Å². The number of pyridine rings is 1. The molecule has 0 unspecified atom stereocenters. The summed E-state index contributed by atoms with van der Waals surface area (Å²) in [5.74, 6) is -1.68. The average Bonchev–Trinajstić information content (AvgIpc) is 4.01. The topological polar surface area (TPSA) is 193 Å². The Morgan fingerprint density at radius 1 is 1.18 bits per heavy atom. The van der Waals surface area contributed by atoms with Crippen LogP contribution in [0.4, 0.5) is 0 Å². The number of H-pyrrole nitrogens is 1. The van der Waals surface area contributed by atoms with E-state index >= 15 is 0 Å².